The molecule has 0 saturated carbocycles. The Bertz CT molecular complexity index is 571. The number of rotatable bonds is 2. The third-order valence-electron chi connectivity index (χ3n) is 4.87. The van der Waals surface area contributed by atoms with Crippen molar-refractivity contribution in [3.63, 3.8) is 0 Å². The van der Waals surface area contributed by atoms with Crippen LogP contribution in [-0.4, -0.2) is 6.94 Å². The molecule has 0 aromatic rings. The topological polar surface area (TPSA) is 0 Å². The summed E-state index contributed by atoms with van der Waals surface area (Å²) < 4.78 is 8.86. The minimum Gasteiger partial charge on any atom is -0.147 e. The van der Waals surface area contributed by atoms with Crippen LogP contribution < -0.4 is 0 Å². The van der Waals surface area contributed by atoms with Crippen LogP contribution in [0.2, 0.25) is 9.36 Å². The molecular weight excluding hydrogens is 458 g/mol. The van der Waals surface area contributed by atoms with Crippen molar-refractivity contribution in [2.24, 2.45) is 0 Å². The number of halogens is 2. The van der Waals surface area contributed by atoms with Gasteiger partial charge in [0.2, 0.25) is 0 Å². The molecule has 19 heavy (non-hydrogen) atoms. The second kappa shape index (κ2) is 6.17. The molecule has 0 radical (unpaired) electrons. The summed E-state index contributed by atoms with van der Waals surface area (Å²) in [5, 5.41) is 0. The Morgan fingerprint density at radius 2 is 1.63 bits per heavy atom. The van der Waals surface area contributed by atoms with Gasteiger partial charge in [-0.3, -0.25) is 0 Å². The summed E-state index contributed by atoms with van der Waals surface area (Å²) >= 11 is -2.90. The van der Waals surface area contributed by atoms with Gasteiger partial charge in [-0.25, -0.2) is 0 Å². The Balaban J connectivity index is 0.00000162. The quantitative estimate of drug-likeness (QED) is 0.484. The van der Waals surface area contributed by atoms with Crippen LogP contribution in [0.25, 0.3) is 0 Å². The standard InChI is InChI=1S/C8H11.C5H5.2CH3.2ClH.Hf.H2Si/c1-6-4-5-7(2)8(6)3;1-2-4-5-3-1;;;;;;/h4H2,1-3H3;1-3H,4H2;2*1H3;2*1H;;1H2. The van der Waals surface area contributed by atoms with Crippen LogP contribution in [0.5, 0.6) is 0 Å². The number of allylic oxidation sites excluding steroid dienone is 8. The van der Waals surface area contributed by atoms with Gasteiger partial charge in [-0.2, -0.15) is 0 Å². The van der Waals surface area contributed by atoms with Crippen molar-refractivity contribution in [3.8, 4) is 0 Å². The number of hydrogen-bond donors (Lipinski definition) is 0. The van der Waals surface area contributed by atoms with E-state index in [2.05, 4.69) is 55.3 Å². The van der Waals surface area contributed by atoms with Gasteiger partial charge in [-0.05, 0) is 0 Å². The van der Waals surface area contributed by atoms with E-state index in [1.807, 2.05) is 3.33 Å². The first-order valence-electron chi connectivity index (χ1n) is 6.53. The molecule has 0 heterocycles. The van der Waals surface area contributed by atoms with Gasteiger partial charge >= 0.3 is 109 Å². The van der Waals surface area contributed by atoms with Crippen molar-refractivity contribution < 1.29 is 17.1 Å². The van der Waals surface area contributed by atoms with Gasteiger partial charge in [-0.1, -0.05) is 0 Å². The van der Waals surface area contributed by atoms with Crippen LogP contribution in [0.15, 0.2) is 41.6 Å². The molecule has 0 bridgehead atoms. The maximum atomic E-state index is 2.62. The molecule has 0 nitrogen and oxygen atoms in total. The monoisotopic (exact) mass is 484 g/mol. The fraction of sp³-hybridized carbons (Fsp3) is 0.467. The van der Waals surface area contributed by atoms with Crippen LogP contribution >= 0.6 is 24.8 Å². The molecule has 0 spiro atoms. The Labute approximate surface area is 132 Å². The average molecular weight is 484 g/mol. The van der Waals surface area contributed by atoms with Gasteiger partial charge in [0.05, 0.1) is 0 Å². The van der Waals surface area contributed by atoms with Crippen molar-refractivity contribution in [2.45, 2.75) is 43.0 Å². The van der Waals surface area contributed by atoms with Crippen molar-refractivity contribution in [2.75, 3.05) is 0 Å². The molecule has 0 saturated heterocycles. The normalized spacial score (nSPS) is 19.4. The molecule has 2 rings (SSSR count). The Hall–Kier alpha value is 0.627. The molecule has 2 aliphatic rings. The van der Waals surface area contributed by atoms with E-state index in [9.17, 15) is 0 Å². The van der Waals surface area contributed by atoms with Gasteiger partial charge < -0.3 is 0 Å². The third-order valence-corrected chi connectivity index (χ3v) is 29.7. The predicted octanol–water partition coefficient (Wildman–Crippen LogP) is 5.02. The molecule has 0 N–H and O–H groups in total. The molecule has 108 valence electrons. The third kappa shape index (κ3) is 3.28. The summed E-state index contributed by atoms with van der Waals surface area (Å²) in [7, 11) is 0. The van der Waals surface area contributed by atoms with Crippen LogP contribution in [-0.2, 0) is 17.1 Å². The maximum absolute atomic E-state index is 2.90. The minimum atomic E-state index is -2.90. The molecule has 2 aliphatic carbocycles. The van der Waals surface area contributed by atoms with Crippen molar-refractivity contribution in [1.82, 2.24) is 0 Å². The van der Waals surface area contributed by atoms with Gasteiger partial charge in [0.25, 0.3) is 0 Å². The summed E-state index contributed by atoms with van der Waals surface area (Å²) in [6.07, 6.45) is 9.45. The smallest absolute Gasteiger partial charge is 0.147 e. The Morgan fingerprint density at radius 1 is 1.05 bits per heavy atom. The molecule has 0 fully saturated rings. The molecule has 0 aromatic carbocycles. The zero-order valence-electron chi connectivity index (χ0n) is 12.7. The van der Waals surface area contributed by atoms with E-state index in [-0.39, 0.29) is 24.8 Å². The fourth-order valence-corrected chi connectivity index (χ4v) is 23.0. The molecule has 4 heteroatoms. The largest absolute Gasteiger partial charge is 0.147 e. The van der Waals surface area contributed by atoms with Gasteiger partial charge in [-0.15, -0.1) is 24.8 Å². The SMILES string of the molecule is CC1=C(C)C(C)=[C]([Hf]([CH3])([CH3])(=[SiH2])[C]2=CC=CC2)C1.Cl.Cl. The van der Waals surface area contributed by atoms with E-state index in [4.69, 9.17) is 0 Å². The van der Waals surface area contributed by atoms with E-state index in [1.165, 1.54) is 12.8 Å². The van der Waals surface area contributed by atoms with Crippen molar-refractivity contribution in [3.05, 3.63) is 41.6 Å². The molecule has 0 atom stereocenters. The Kier molecular flexibility index (Phi) is 6.37. The second-order valence-corrected chi connectivity index (χ2v) is 47.8. The summed E-state index contributed by atoms with van der Waals surface area (Å²) in [4.78, 5) is 0. The first-order valence-corrected chi connectivity index (χ1v) is 25.6. The summed E-state index contributed by atoms with van der Waals surface area (Å²) in [5.41, 5.74) is 4.78. The van der Waals surface area contributed by atoms with Gasteiger partial charge in [0.1, 0.15) is 0 Å². The molecule has 0 amide bonds. The van der Waals surface area contributed by atoms with E-state index >= 15 is 0 Å². The van der Waals surface area contributed by atoms with Crippen LogP contribution in [0.4, 0.5) is 0 Å². The summed E-state index contributed by atoms with van der Waals surface area (Å²) in [5.74, 6) is 0. The summed E-state index contributed by atoms with van der Waals surface area (Å²) in [6, 6.07) is 0. The van der Waals surface area contributed by atoms with Crippen molar-refractivity contribution in [1.29, 1.82) is 0 Å². The van der Waals surface area contributed by atoms with E-state index in [0.29, 0.717) is 0 Å². The van der Waals surface area contributed by atoms with E-state index < -0.39 is 17.1 Å². The minimum absolute atomic E-state index is 0. The Morgan fingerprint density at radius 3 is 2.00 bits per heavy atom. The van der Waals surface area contributed by atoms with Crippen LogP contribution in [0, 0.1) is 0 Å². The summed E-state index contributed by atoms with van der Waals surface area (Å²) in [6.45, 7) is 9.32. The zero-order valence-corrected chi connectivity index (χ0v) is 19.3. The van der Waals surface area contributed by atoms with E-state index in [1.54, 1.807) is 20.0 Å². The van der Waals surface area contributed by atoms with Gasteiger partial charge in [0, 0.05) is 0 Å². The van der Waals surface area contributed by atoms with E-state index in [0.717, 1.165) is 0 Å². The molecular formula is C15H26Cl2HfSi. The number of hydrogen-bond acceptors (Lipinski definition) is 0. The molecule has 0 aliphatic heterocycles. The van der Waals surface area contributed by atoms with Crippen LogP contribution in [0.3, 0.4) is 0 Å². The maximum Gasteiger partial charge on any atom is -0.147 e. The first kappa shape index (κ1) is 19.6. The fourth-order valence-electron chi connectivity index (χ4n) is 3.20. The van der Waals surface area contributed by atoms with Crippen molar-refractivity contribution >= 4 is 31.8 Å². The predicted molar refractivity (Wildman–Crippen MR) is 92.3 cm³/mol. The van der Waals surface area contributed by atoms with Gasteiger partial charge in [0.15, 0.2) is 0 Å². The zero-order chi connectivity index (χ0) is 12.9. The second-order valence-electron chi connectivity index (χ2n) is 6.70. The molecule has 0 aromatic heterocycles. The molecule has 0 unspecified atom stereocenters. The average Bonchev–Trinajstić information content (AvgIpc) is 2.83. The van der Waals surface area contributed by atoms with Crippen LogP contribution in [0.1, 0.15) is 33.6 Å². The first-order chi connectivity index (χ1) is 7.72.